The molecule has 0 spiro atoms. The van der Waals surface area contributed by atoms with Gasteiger partial charge in [0.05, 0.1) is 0 Å². The molecule has 0 fully saturated rings. The summed E-state index contributed by atoms with van der Waals surface area (Å²) in [5.74, 6) is 0.182. The maximum atomic E-state index is 11.3. The van der Waals surface area contributed by atoms with E-state index < -0.39 is 0 Å². The molecule has 1 amide bonds. The number of carbonyl (C=O) groups is 1. The third kappa shape index (κ3) is 2.58. The Morgan fingerprint density at radius 1 is 1.27 bits per heavy atom. The SMILES string of the molecule is C.CC(=O)N1CCCc2ccccc2C1. The highest BCUT2D eigenvalue weighted by molar-refractivity contribution is 5.73. The number of benzene rings is 1. The van der Waals surface area contributed by atoms with Crippen molar-refractivity contribution in [2.24, 2.45) is 0 Å². The van der Waals surface area contributed by atoms with Crippen LogP contribution in [0.15, 0.2) is 24.3 Å². The zero-order chi connectivity index (χ0) is 9.97. The van der Waals surface area contributed by atoms with E-state index in [1.807, 2.05) is 11.0 Å². The van der Waals surface area contributed by atoms with Crippen molar-refractivity contribution in [3.8, 4) is 0 Å². The molecule has 2 heteroatoms. The van der Waals surface area contributed by atoms with Crippen LogP contribution in [0.5, 0.6) is 0 Å². The molecular weight excluding hydrogens is 186 g/mol. The Balaban J connectivity index is 0.00000112. The fourth-order valence-corrected chi connectivity index (χ4v) is 1.97. The average molecular weight is 205 g/mol. The normalized spacial score (nSPS) is 14.9. The lowest BCUT2D eigenvalue weighted by molar-refractivity contribution is -0.129. The summed E-state index contributed by atoms with van der Waals surface area (Å²) >= 11 is 0. The van der Waals surface area contributed by atoms with Crippen molar-refractivity contribution in [3.05, 3.63) is 35.4 Å². The van der Waals surface area contributed by atoms with Crippen LogP contribution in [0.4, 0.5) is 0 Å². The van der Waals surface area contributed by atoms with Gasteiger partial charge >= 0.3 is 0 Å². The second-order valence-electron chi connectivity index (χ2n) is 3.81. The summed E-state index contributed by atoms with van der Waals surface area (Å²) in [6.45, 7) is 3.32. The first-order chi connectivity index (χ1) is 6.77. The number of aryl methyl sites for hydroxylation is 1. The van der Waals surface area contributed by atoms with E-state index in [-0.39, 0.29) is 13.3 Å². The highest BCUT2D eigenvalue weighted by Crippen LogP contribution is 2.18. The van der Waals surface area contributed by atoms with Gasteiger partial charge in [-0.1, -0.05) is 31.7 Å². The van der Waals surface area contributed by atoms with E-state index in [4.69, 9.17) is 0 Å². The number of nitrogens with zero attached hydrogens (tertiary/aromatic N) is 1. The average Bonchev–Trinajstić information content (AvgIpc) is 2.39. The second-order valence-corrected chi connectivity index (χ2v) is 3.81. The van der Waals surface area contributed by atoms with Gasteiger partial charge in [0.2, 0.25) is 5.91 Å². The second kappa shape index (κ2) is 4.96. The van der Waals surface area contributed by atoms with Crippen LogP contribution in [0.1, 0.15) is 31.9 Å². The first-order valence-corrected chi connectivity index (χ1v) is 5.09. The maximum Gasteiger partial charge on any atom is 0.219 e. The summed E-state index contributed by atoms with van der Waals surface area (Å²) in [7, 11) is 0. The van der Waals surface area contributed by atoms with Gasteiger partial charge in [0.25, 0.3) is 0 Å². The van der Waals surface area contributed by atoms with Crippen LogP contribution in [0.2, 0.25) is 0 Å². The predicted molar refractivity (Wildman–Crippen MR) is 62.6 cm³/mol. The van der Waals surface area contributed by atoms with E-state index in [1.165, 1.54) is 11.1 Å². The van der Waals surface area contributed by atoms with Crippen LogP contribution in [-0.4, -0.2) is 17.4 Å². The first-order valence-electron chi connectivity index (χ1n) is 5.09. The number of carbonyl (C=O) groups excluding carboxylic acids is 1. The van der Waals surface area contributed by atoms with Gasteiger partial charge in [0.1, 0.15) is 0 Å². The molecule has 0 aliphatic carbocycles. The van der Waals surface area contributed by atoms with Crippen LogP contribution in [0.25, 0.3) is 0 Å². The highest BCUT2D eigenvalue weighted by atomic mass is 16.2. The molecule has 0 atom stereocenters. The van der Waals surface area contributed by atoms with Gasteiger partial charge < -0.3 is 4.90 Å². The van der Waals surface area contributed by atoms with E-state index in [9.17, 15) is 4.79 Å². The lowest BCUT2D eigenvalue weighted by atomic mass is 10.0. The third-order valence-corrected chi connectivity index (χ3v) is 2.80. The standard InChI is InChI=1S/C12H15NO.CH4/c1-10(14)13-8-4-7-11-5-2-3-6-12(11)9-13;/h2-3,5-6H,4,7-9H2,1H3;1H4. The molecular formula is C13H19NO. The molecule has 0 radical (unpaired) electrons. The Morgan fingerprint density at radius 2 is 1.93 bits per heavy atom. The summed E-state index contributed by atoms with van der Waals surface area (Å²) in [4.78, 5) is 13.2. The molecule has 1 aliphatic heterocycles. The van der Waals surface area contributed by atoms with E-state index >= 15 is 0 Å². The van der Waals surface area contributed by atoms with Crippen LogP contribution in [0.3, 0.4) is 0 Å². The van der Waals surface area contributed by atoms with Gasteiger partial charge in [0.15, 0.2) is 0 Å². The molecule has 2 nitrogen and oxygen atoms in total. The largest absolute Gasteiger partial charge is 0.339 e. The predicted octanol–water partition coefficient (Wildman–Crippen LogP) is 2.62. The quantitative estimate of drug-likeness (QED) is 0.637. The molecule has 0 N–H and O–H groups in total. The fraction of sp³-hybridized carbons (Fsp3) is 0.462. The van der Waals surface area contributed by atoms with Crippen molar-refractivity contribution in [2.45, 2.75) is 33.7 Å². The molecule has 0 bridgehead atoms. The summed E-state index contributed by atoms with van der Waals surface area (Å²) in [6, 6.07) is 8.40. The lowest BCUT2D eigenvalue weighted by Gasteiger charge is -2.18. The Labute approximate surface area is 91.9 Å². The Hall–Kier alpha value is -1.31. The number of fused-ring (bicyclic) bond motifs is 1. The highest BCUT2D eigenvalue weighted by Gasteiger charge is 2.15. The number of hydrogen-bond acceptors (Lipinski definition) is 1. The molecule has 2 rings (SSSR count). The summed E-state index contributed by atoms with van der Waals surface area (Å²) in [5.41, 5.74) is 2.71. The van der Waals surface area contributed by atoms with Crippen molar-refractivity contribution in [2.75, 3.05) is 6.54 Å². The monoisotopic (exact) mass is 205 g/mol. The molecule has 0 aromatic heterocycles. The van der Waals surface area contributed by atoms with Gasteiger partial charge in [-0.15, -0.1) is 0 Å². The minimum absolute atomic E-state index is 0. The minimum atomic E-state index is 0. The number of rotatable bonds is 0. The van der Waals surface area contributed by atoms with Crippen molar-refractivity contribution >= 4 is 5.91 Å². The van der Waals surface area contributed by atoms with E-state index in [1.54, 1.807) is 6.92 Å². The van der Waals surface area contributed by atoms with Gasteiger partial charge in [-0.25, -0.2) is 0 Å². The van der Waals surface area contributed by atoms with Crippen molar-refractivity contribution in [1.82, 2.24) is 4.90 Å². The molecule has 0 unspecified atom stereocenters. The summed E-state index contributed by atoms with van der Waals surface area (Å²) < 4.78 is 0. The Morgan fingerprint density at radius 3 is 2.60 bits per heavy atom. The minimum Gasteiger partial charge on any atom is -0.339 e. The molecule has 15 heavy (non-hydrogen) atoms. The van der Waals surface area contributed by atoms with Crippen LogP contribution >= 0.6 is 0 Å². The van der Waals surface area contributed by atoms with Gasteiger partial charge in [-0.05, 0) is 24.0 Å². The van der Waals surface area contributed by atoms with E-state index in [0.29, 0.717) is 0 Å². The number of amides is 1. The Bertz CT molecular complexity index is 346. The van der Waals surface area contributed by atoms with Gasteiger partial charge in [-0.3, -0.25) is 4.79 Å². The summed E-state index contributed by atoms with van der Waals surface area (Å²) in [5, 5.41) is 0. The molecule has 1 aliphatic rings. The van der Waals surface area contributed by atoms with Crippen LogP contribution in [-0.2, 0) is 17.8 Å². The van der Waals surface area contributed by atoms with E-state index in [2.05, 4.69) is 18.2 Å². The molecule has 1 heterocycles. The number of hydrogen-bond donors (Lipinski definition) is 0. The zero-order valence-corrected chi connectivity index (χ0v) is 8.49. The first kappa shape index (κ1) is 11.8. The van der Waals surface area contributed by atoms with Gasteiger partial charge in [-0.2, -0.15) is 0 Å². The maximum absolute atomic E-state index is 11.3. The molecule has 0 saturated carbocycles. The van der Waals surface area contributed by atoms with E-state index in [0.717, 1.165) is 25.9 Å². The molecule has 82 valence electrons. The molecule has 1 aromatic carbocycles. The Kier molecular flexibility index (Phi) is 3.89. The van der Waals surface area contributed by atoms with Crippen LogP contribution in [0, 0.1) is 0 Å². The van der Waals surface area contributed by atoms with Crippen LogP contribution < -0.4 is 0 Å². The lowest BCUT2D eigenvalue weighted by Crippen LogP contribution is -2.28. The molecule has 0 saturated heterocycles. The topological polar surface area (TPSA) is 20.3 Å². The summed E-state index contributed by atoms with van der Waals surface area (Å²) in [6.07, 6.45) is 2.18. The third-order valence-electron chi connectivity index (χ3n) is 2.80. The molecule has 1 aromatic rings. The van der Waals surface area contributed by atoms with Gasteiger partial charge in [0, 0.05) is 20.0 Å². The zero-order valence-electron chi connectivity index (χ0n) is 8.49. The van der Waals surface area contributed by atoms with Crippen molar-refractivity contribution in [1.29, 1.82) is 0 Å². The fourth-order valence-electron chi connectivity index (χ4n) is 1.97. The van der Waals surface area contributed by atoms with Crippen molar-refractivity contribution in [3.63, 3.8) is 0 Å². The van der Waals surface area contributed by atoms with Crippen molar-refractivity contribution < 1.29 is 4.79 Å². The smallest absolute Gasteiger partial charge is 0.219 e.